The van der Waals surface area contributed by atoms with Gasteiger partial charge in [-0.1, -0.05) is 26.8 Å². The van der Waals surface area contributed by atoms with Crippen LogP contribution < -0.4 is 21.3 Å². The number of nitrogens with zero attached hydrogens (tertiary/aromatic N) is 3. The smallest absolute Gasteiger partial charge is 0.319 e. The van der Waals surface area contributed by atoms with Gasteiger partial charge in [0.05, 0.1) is 22.8 Å². The molecule has 0 aliphatic heterocycles. The summed E-state index contributed by atoms with van der Waals surface area (Å²) in [6.45, 7) is 18.6. The first-order chi connectivity index (χ1) is 18.6. The molecule has 10 heteroatoms. The van der Waals surface area contributed by atoms with Crippen molar-refractivity contribution < 1.29 is 14.3 Å². The molecule has 1 aromatic heterocycles. The summed E-state index contributed by atoms with van der Waals surface area (Å²) in [5.41, 5.74) is 1.50. The maximum absolute atomic E-state index is 12.5. The normalized spacial score (nSPS) is 14.4. The molecule has 0 bridgehead atoms. The van der Waals surface area contributed by atoms with E-state index in [2.05, 4.69) is 70.4 Å². The van der Waals surface area contributed by atoms with E-state index in [0.29, 0.717) is 42.8 Å². The number of aromatic nitrogens is 2. The molecule has 1 aromatic carbocycles. The van der Waals surface area contributed by atoms with Gasteiger partial charge in [-0.2, -0.15) is 0 Å². The second kappa shape index (κ2) is 15.5. The van der Waals surface area contributed by atoms with Crippen LogP contribution in [0.15, 0.2) is 37.1 Å². The average molecular weight is 542 g/mol. The Morgan fingerprint density at radius 2 is 1.82 bits per heavy atom. The van der Waals surface area contributed by atoms with E-state index < -0.39 is 5.60 Å². The first kappa shape index (κ1) is 32.1. The van der Waals surface area contributed by atoms with Crippen LogP contribution >= 0.6 is 0 Å². The van der Waals surface area contributed by atoms with Gasteiger partial charge in [-0.25, -0.2) is 9.78 Å². The van der Waals surface area contributed by atoms with E-state index in [0.717, 1.165) is 32.5 Å². The summed E-state index contributed by atoms with van der Waals surface area (Å²) >= 11 is 0. The number of rotatable bonds is 17. The topological polar surface area (TPSA) is 121 Å². The highest BCUT2D eigenvalue weighted by Gasteiger charge is 2.24. The van der Waals surface area contributed by atoms with Crippen molar-refractivity contribution in [2.45, 2.75) is 65.0 Å². The summed E-state index contributed by atoms with van der Waals surface area (Å²) in [5.74, 6) is -0.255. The zero-order valence-corrected chi connectivity index (χ0v) is 24.5. The lowest BCUT2D eigenvalue weighted by Crippen LogP contribution is -2.41. The molecule has 10 nitrogen and oxygen atoms in total. The molecule has 0 aliphatic carbocycles. The molecule has 2 aromatic rings. The fourth-order valence-electron chi connectivity index (χ4n) is 3.98. The van der Waals surface area contributed by atoms with E-state index in [1.54, 1.807) is 24.3 Å². The van der Waals surface area contributed by atoms with Crippen LogP contribution in [0.4, 0.5) is 10.5 Å². The summed E-state index contributed by atoms with van der Waals surface area (Å²) in [5, 5.41) is 11.9. The van der Waals surface area contributed by atoms with E-state index in [9.17, 15) is 9.59 Å². The first-order valence-corrected chi connectivity index (χ1v) is 13.9. The van der Waals surface area contributed by atoms with E-state index in [-0.39, 0.29) is 23.2 Å². The lowest BCUT2D eigenvalue weighted by atomic mass is 9.95. The highest BCUT2D eigenvalue weighted by Crippen LogP contribution is 2.20. The number of hydrogen-bond acceptors (Lipinski definition) is 7. The molecule has 4 N–H and O–H groups in total. The van der Waals surface area contributed by atoms with Crippen molar-refractivity contribution in [2.75, 3.05) is 51.7 Å². The van der Waals surface area contributed by atoms with Gasteiger partial charge in [0.15, 0.2) is 0 Å². The van der Waals surface area contributed by atoms with Crippen molar-refractivity contribution >= 4 is 28.7 Å². The van der Waals surface area contributed by atoms with Crippen molar-refractivity contribution in [1.82, 2.24) is 30.8 Å². The number of amides is 3. The molecule has 216 valence electrons. The summed E-state index contributed by atoms with van der Waals surface area (Å²) in [6.07, 6.45) is 5.72. The molecule has 2 unspecified atom stereocenters. The minimum atomic E-state index is -0.538. The Balaban J connectivity index is 1.85. The van der Waals surface area contributed by atoms with Crippen LogP contribution in [0.25, 0.3) is 11.0 Å². The molecule has 0 aliphatic rings. The Bertz CT molecular complexity index is 1090. The zero-order chi connectivity index (χ0) is 28.9. The van der Waals surface area contributed by atoms with Crippen molar-refractivity contribution in [3.63, 3.8) is 0 Å². The Kier molecular flexibility index (Phi) is 12.8. The van der Waals surface area contributed by atoms with Crippen LogP contribution in [0.1, 0.15) is 64.4 Å². The number of urea groups is 1. The minimum absolute atomic E-state index is 0.0313. The monoisotopic (exact) mass is 541 g/mol. The van der Waals surface area contributed by atoms with E-state index >= 15 is 0 Å². The van der Waals surface area contributed by atoms with E-state index in [4.69, 9.17) is 4.74 Å². The van der Waals surface area contributed by atoms with E-state index in [1.807, 2.05) is 14.0 Å². The molecule has 2 rings (SSSR count). The average Bonchev–Trinajstić information content (AvgIpc) is 2.94. The van der Waals surface area contributed by atoms with Crippen LogP contribution in [-0.4, -0.2) is 84.3 Å². The fourth-order valence-corrected chi connectivity index (χ4v) is 3.98. The standard InChI is InChI=1S/C29H47N7O3/c1-8-28(5,30-7)15-19-39-29(6,9-2)14-16-32-27(38)34-22-12-13-23-24(20-22)33-21-25(35-23)26(37)31-17-18-36(10-3)11-4/h9,12-13,20-21,30H,2,8,10-11,14-19H2,1,3-7H3,(H,31,37)(H2,32,34,38). The largest absolute Gasteiger partial charge is 0.371 e. The number of ether oxygens (including phenoxy) is 1. The van der Waals surface area contributed by atoms with Crippen LogP contribution in [0.5, 0.6) is 0 Å². The maximum atomic E-state index is 12.5. The zero-order valence-electron chi connectivity index (χ0n) is 24.5. The number of anilines is 1. The maximum Gasteiger partial charge on any atom is 0.319 e. The SMILES string of the molecule is C=CC(C)(CCNC(=O)Nc1ccc2nc(C(=O)NCCN(CC)CC)cnc2c1)OCCC(C)(CC)NC. The number of hydrogen-bond donors (Lipinski definition) is 4. The third kappa shape index (κ3) is 10.2. The number of carbonyl (C=O) groups is 2. The summed E-state index contributed by atoms with van der Waals surface area (Å²) in [6, 6.07) is 4.88. The number of carbonyl (C=O) groups excluding carboxylic acids is 2. The van der Waals surface area contributed by atoms with E-state index in [1.165, 1.54) is 6.20 Å². The Morgan fingerprint density at radius 3 is 2.46 bits per heavy atom. The van der Waals surface area contributed by atoms with Crippen molar-refractivity contribution in [3.05, 3.63) is 42.7 Å². The first-order valence-electron chi connectivity index (χ1n) is 13.9. The van der Waals surface area contributed by atoms with Crippen LogP contribution in [-0.2, 0) is 4.74 Å². The number of likely N-dealkylation sites (N-methyl/N-ethyl adjacent to an activating group) is 1. The van der Waals surface area contributed by atoms with Gasteiger partial charge in [0.2, 0.25) is 0 Å². The summed E-state index contributed by atoms with van der Waals surface area (Å²) in [4.78, 5) is 36.0. The van der Waals surface area contributed by atoms with Crippen molar-refractivity contribution in [1.29, 1.82) is 0 Å². The molecule has 0 radical (unpaired) electrons. The fraction of sp³-hybridized carbons (Fsp3) is 0.586. The minimum Gasteiger partial charge on any atom is -0.371 e. The molecule has 0 fully saturated rings. The molecule has 1 heterocycles. The highest BCUT2D eigenvalue weighted by molar-refractivity contribution is 5.95. The lowest BCUT2D eigenvalue weighted by molar-refractivity contribution is -0.00907. The second-order valence-electron chi connectivity index (χ2n) is 10.2. The Labute approximate surface area is 233 Å². The highest BCUT2D eigenvalue weighted by atomic mass is 16.5. The van der Waals surface area contributed by atoms with Gasteiger partial charge >= 0.3 is 6.03 Å². The predicted molar refractivity (Wildman–Crippen MR) is 158 cm³/mol. The second-order valence-corrected chi connectivity index (χ2v) is 10.2. The molecule has 0 saturated heterocycles. The Morgan fingerprint density at radius 1 is 1.08 bits per heavy atom. The van der Waals surface area contributed by atoms with Gasteiger partial charge in [-0.3, -0.25) is 9.78 Å². The van der Waals surface area contributed by atoms with Gasteiger partial charge in [-0.15, -0.1) is 6.58 Å². The third-order valence-corrected chi connectivity index (χ3v) is 7.45. The van der Waals surface area contributed by atoms with Gasteiger partial charge in [0.25, 0.3) is 5.91 Å². The van der Waals surface area contributed by atoms with Gasteiger partial charge in [-0.05, 0) is 71.4 Å². The van der Waals surface area contributed by atoms with Crippen LogP contribution in [0, 0.1) is 0 Å². The third-order valence-electron chi connectivity index (χ3n) is 7.45. The molecule has 3 amide bonds. The Hall–Kier alpha value is -3.08. The van der Waals surface area contributed by atoms with Gasteiger partial charge in [0.1, 0.15) is 5.69 Å². The molecule has 0 saturated carbocycles. The van der Waals surface area contributed by atoms with Crippen molar-refractivity contribution in [3.8, 4) is 0 Å². The molecule has 39 heavy (non-hydrogen) atoms. The molecule has 0 spiro atoms. The van der Waals surface area contributed by atoms with Gasteiger partial charge in [0, 0.05) is 37.5 Å². The van der Waals surface area contributed by atoms with Crippen LogP contribution in [0.2, 0.25) is 0 Å². The summed E-state index contributed by atoms with van der Waals surface area (Å²) < 4.78 is 6.12. The molecular formula is C29H47N7O3. The number of fused-ring (bicyclic) bond motifs is 1. The summed E-state index contributed by atoms with van der Waals surface area (Å²) in [7, 11) is 1.97. The van der Waals surface area contributed by atoms with Crippen LogP contribution in [0.3, 0.4) is 0 Å². The predicted octanol–water partition coefficient (Wildman–Crippen LogP) is 3.95. The molecule has 2 atom stereocenters. The quantitative estimate of drug-likeness (QED) is 0.224. The number of benzene rings is 1. The number of nitrogens with one attached hydrogen (secondary N) is 4. The molecular weight excluding hydrogens is 494 g/mol. The van der Waals surface area contributed by atoms with Gasteiger partial charge < -0.3 is 30.9 Å². The van der Waals surface area contributed by atoms with Crippen molar-refractivity contribution in [2.24, 2.45) is 0 Å². The lowest BCUT2D eigenvalue weighted by Gasteiger charge is -2.31.